The highest BCUT2D eigenvalue weighted by Gasteiger charge is 2.11. The average molecular weight is 282 g/mol. The number of unbranched alkanes of at least 4 members (excludes halogenated alkanes) is 2. The van der Waals surface area contributed by atoms with Crippen LogP contribution in [0.15, 0.2) is 48.5 Å². The Bertz CT molecular complexity index is 588. The second kappa shape index (κ2) is 7.63. The van der Waals surface area contributed by atoms with Crippen molar-refractivity contribution in [1.82, 2.24) is 0 Å². The molecule has 21 heavy (non-hydrogen) atoms. The van der Waals surface area contributed by atoms with Crippen LogP contribution in [0.5, 0.6) is 5.75 Å². The molecule has 0 radical (unpaired) electrons. The van der Waals surface area contributed by atoms with Crippen LogP contribution in [0, 0.1) is 0 Å². The first-order chi connectivity index (χ1) is 10.3. The maximum Gasteiger partial charge on any atom is 0.193 e. The lowest BCUT2D eigenvalue weighted by molar-refractivity contribution is 0.103. The van der Waals surface area contributed by atoms with Gasteiger partial charge in [0, 0.05) is 11.1 Å². The summed E-state index contributed by atoms with van der Waals surface area (Å²) >= 11 is 0. The number of carbonyl (C=O) groups excluding carboxylic acids is 1. The molecule has 0 fully saturated rings. The summed E-state index contributed by atoms with van der Waals surface area (Å²) in [4.78, 5) is 12.4. The van der Waals surface area contributed by atoms with E-state index in [2.05, 4.69) is 6.92 Å². The molecule has 0 aliphatic rings. The van der Waals surface area contributed by atoms with Crippen molar-refractivity contribution in [3.63, 3.8) is 0 Å². The normalized spacial score (nSPS) is 10.4. The van der Waals surface area contributed by atoms with E-state index in [0.29, 0.717) is 11.1 Å². The van der Waals surface area contributed by atoms with Crippen molar-refractivity contribution in [3.05, 3.63) is 65.2 Å². The van der Waals surface area contributed by atoms with Gasteiger partial charge in [0.1, 0.15) is 5.75 Å². The minimum atomic E-state index is 0.0361. The van der Waals surface area contributed by atoms with Crippen LogP contribution in [-0.2, 0) is 6.42 Å². The molecule has 110 valence electrons. The van der Waals surface area contributed by atoms with E-state index in [1.54, 1.807) is 7.11 Å². The number of ether oxygens (including phenoxy) is 1. The van der Waals surface area contributed by atoms with E-state index in [1.165, 1.54) is 18.4 Å². The van der Waals surface area contributed by atoms with Crippen LogP contribution >= 0.6 is 0 Å². The summed E-state index contributed by atoms with van der Waals surface area (Å²) in [7, 11) is 1.66. The van der Waals surface area contributed by atoms with Crippen LogP contribution < -0.4 is 4.74 Å². The van der Waals surface area contributed by atoms with Crippen molar-refractivity contribution in [2.75, 3.05) is 7.11 Å². The highest BCUT2D eigenvalue weighted by atomic mass is 16.5. The van der Waals surface area contributed by atoms with Crippen molar-refractivity contribution in [2.45, 2.75) is 32.6 Å². The Kier molecular flexibility index (Phi) is 5.56. The first kappa shape index (κ1) is 15.3. The lowest BCUT2D eigenvalue weighted by atomic mass is 9.99. The van der Waals surface area contributed by atoms with Gasteiger partial charge in [0.25, 0.3) is 0 Å². The first-order valence-electron chi connectivity index (χ1n) is 7.53. The molecule has 0 aliphatic heterocycles. The average Bonchev–Trinajstić information content (AvgIpc) is 2.55. The van der Waals surface area contributed by atoms with Crippen molar-refractivity contribution in [1.29, 1.82) is 0 Å². The predicted molar refractivity (Wildman–Crippen MR) is 86.1 cm³/mol. The Hall–Kier alpha value is -2.09. The zero-order chi connectivity index (χ0) is 15.1. The van der Waals surface area contributed by atoms with Crippen LogP contribution in [-0.4, -0.2) is 12.9 Å². The summed E-state index contributed by atoms with van der Waals surface area (Å²) in [6, 6.07) is 15.1. The van der Waals surface area contributed by atoms with Gasteiger partial charge >= 0.3 is 0 Å². The smallest absolute Gasteiger partial charge is 0.193 e. The zero-order valence-electron chi connectivity index (χ0n) is 12.8. The van der Waals surface area contributed by atoms with Gasteiger partial charge in [-0.15, -0.1) is 0 Å². The van der Waals surface area contributed by atoms with Crippen LogP contribution in [0.4, 0.5) is 0 Å². The Balaban J connectivity index is 2.20. The van der Waals surface area contributed by atoms with Crippen molar-refractivity contribution in [3.8, 4) is 5.75 Å². The molecular formula is C19H22O2. The molecule has 0 heterocycles. The van der Waals surface area contributed by atoms with Crippen LogP contribution in [0.25, 0.3) is 0 Å². The van der Waals surface area contributed by atoms with Gasteiger partial charge in [-0.25, -0.2) is 0 Å². The van der Waals surface area contributed by atoms with E-state index in [9.17, 15) is 4.79 Å². The van der Waals surface area contributed by atoms with Crippen molar-refractivity contribution < 1.29 is 9.53 Å². The Labute approximate surface area is 126 Å². The fourth-order valence-electron chi connectivity index (χ4n) is 2.41. The van der Waals surface area contributed by atoms with Gasteiger partial charge < -0.3 is 4.74 Å². The molecule has 2 rings (SSSR count). The Morgan fingerprint density at radius 3 is 2.43 bits per heavy atom. The molecule has 0 bridgehead atoms. The molecular weight excluding hydrogens is 260 g/mol. The van der Waals surface area contributed by atoms with Crippen molar-refractivity contribution >= 4 is 5.78 Å². The molecule has 0 spiro atoms. The number of methoxy groups -OCH3 is 1. The van der Waals surface area contributed by atoms with E-state index in [4.69, 9.17) is 4.74 Å². The van der Waals surface area contributed by atoms with Crippen molar-refractivity contribution in [2.24, 2.45) is 0 Å². The molecule has 2 aromatic carbocycles. The van der Waals surface area contributed by atoms with E-state index in [0.717, 1.165) is 18.6 Å². The molecule has 2 aromatic rings. The predicted octanol–water partition coefficient (Wildman–Crippen LogP) is 4.66. The number of rotatable bonds is 7. The third-order valence-electron chi connectivity index (χ3n) is 3.63. The van der Waals surface area contributed by atoms with E-state index in [1.807, 2.05) is 48.5 Å². The second-order valence-electron chi connectivity index (χ2n) is 5.18. The third kappa shape index (κ3) is 3.94. The maximum atomic E-state index is 12.4. The van der Waals surface area contributed by atoms with E-state index < -0.39 is 0 Å². The van der Waals surface area contributed by atoms with Gasteiger partial charge in [-0.05, 0) is 24.5 Å². The lowest BCUT2D eigenvalue weighted by Gasteiger charge is -2.10. The summed E-state index contributed by atoms with van der Waals surface area (Å²) in [5, 5.41) is 0. The maximum absolute atomic E-state index is 12.4. The molecule has 0 unspecified atom stereocenters. The fraction of sp³-hybridized carbons (Fsp3) is 0.316. The quantitative estimate of drug-likeness (QED) is 0.545. The minimum Gasteiger partial charge on any atom is -0.496 e. The second-order valence-corrected chi connectivity index (χ2v) is 5.18. The summed E-state index contributed by atoms with van der Waals surface area (Å²) in [6.45, 7) is 2.19. The fourth-order valence-corrected chi connectivity index (χ4v) is 2.41. The Morgan fingerprint density at radius 2 is 1.76 bits per heavy atom. The van der Waals surface area contributed by atoms with Crippen LogP contribution in [0.2, 0.25) is 0 Å². The molecule has 2 nitrogen and oxygen atoms in total. The highest BCUT2D eigenvalue weighted by Crippen LogP contribution is 2.24. The number of aryl methyl sites for hydroxylation is 1. The molecule has 0 atom stereocenters. The molecule has 0 N–H and O–H groups in total. The van der Waals surface area contributed by atoms with Gasteiger partial charge in [-0.1, -0.05) is 62.2 Å². The SMILES string of the molecule is CCCCCc1ccc(C(=O)c2ccccc2)cc1OC. The standard InChI is InChI=1S/C19H22O2/c1-3-4-6-9-15-12-13-17(14-18(15)21-2)19(20)16-10-7-5-8-11-16/h5,7-8,10-14H,3-4,6,9H2,1-2H3. The molecule has 0 aromatic heterocycles. The van der Waals surface area contributed by atoms with E-state index in [-0.39, 0.29) is 5.78 Å². The lowest BCUT2D eigenvalue weighted by Crippen LogP contribution is -2.03. The largest absolute Gasteiger partial charge is 0.496 e. The number of benzene rings is 2. The van der Waals surface area contributed by atoms with Gasteiger partial charge in [0.05, 0.1) is 7.11 Å². The molecule has 0 saturated carbocycles. The number of carbonyl (C=O) groups is 1. The molecule has 2 heteroatoms. The molecule has 0 aliphatic carbocycles. The summed E-state index contributed by atoms with van der Waals surface area (Å²) < 4.78 is 5.45. The van der Waals surface area contributed by atoms with Gasteiger partial charge in [-0.3, -0.25) is 4.79 Å². The number of ketones is 1. The van der Waals surface area contributed by atoms with Gasteiger partial charge in [0.15, 0.2) is 5.78 Å². The third-order valence-corrected chi connectivity index (χ3v) is 3.63. The number of hydrogen-bond donors (Lipinski definition) is 0. The summed E-state index contributed by atoms with van der Waals surface area (Å²) in [6.07, 6.45) is 4.57. The topological polar surface area (TPSA) is 26.3 Å². The van der Waals surface area contributed by atoms with Gasteiger partial charge in [-0.2, -0.15) is 0 Å². The van der Waals surface area contributed by atoms with Crippen LogP contribution in [0.3, 0.4) is 0 Å². The Morgan fingerprint density at radius 1 is 1.00 bits per heavy atom. The summed E-state index contributed by atoms with van der Waals surface area (Å²) in [5.74, 6) is 0.849. The molecule has 0 amide bonds. The minimum absolute atomic E-state index is 0.0361. The zero-order valence-corrected chi connectivity index (χ0v) is 12.8. The van der Waals surface area contributed by atoms with Gasteiger partial charge in [0.2, 0.25) is 0 Å². The first-order valence-corrected chi connectivity index (χ1v) is 7.53. The summed E-state index contributed by atoms with van der Waals surface area (Å²) in [5.41, 5.74) is 2.56. The monoisotopic (exact) mass is 282 g/mol. The number of hydrogen-bond acceptors (Lipinski definition) is 2. The highest BCUT2D eigenvalue weighted by molar-refractivity contribution is 6.09. The van der Waals surface area contributed by atoms with Crippen LogP contribution in [0.1, 0.15) is 47.7 Å². The molecule has 0 saturated heterocycles. The van der Waals surface area contributed by atoms with E-state index >= 15 is 0 Å².